The minimum atomic E-state index is -1.17. The van der Waals surface area contributed by atoms with Crippen molar-refractivity contribution in [2.24, 2.45) is 5.73 Å². The van der Waals surface area contributed by atoms with Crippen molar-refractivity contribution < 1.29 is 19.5 Å². The zero-order chi connectivity index (χ0) is 16.3. The van der Waals surface area contributed by atoms with Gasteiger partial charge in [0.25, 0.3) is 0 Å². The average Bonchev–Trinajstić information content (AvgIpc) is 2.42. The van der Waals surface area contributed by atoms with Crippen molar-refractivity contribution in [1.82, 2.24) is 5.32 Å². The van der Waals surface area contributed by atoms with E-state index in [4.69, 9.17) is 10.8 Å². The minimum absolute atomic E-state index is 0.000185. The van der Waals surface area contributed by atoms with Crippen LogP contribution in [0.5, 0.6) is 0 Å². The van der Waals surface area contributed by atoms with Crippen molar-refractivity contribution in [1.29, 1.82) is 0 Å². The van der Waals surface area contributed by atoms with Gasteiger partial charge in [-0.2, -0.15) is 0 Å². The lowest BCUT2D eigenvalue weighted by Crippen LogP contribution is -2.41. The number of rotatable bonds is 11. The van der Waals surface area contributed by atoms with Gasteiger partial charge in [-0.1, -0.05) is 32.3 Å². The van der Waals surface area contributed by atoms with Gasteiger partial charge in [0, 0.05) is 12.0 Å². The SMILES string of the molecule is CCCCCCC=C(C)C(=O)N[C@@H](CCC(N)=O)C(=O)O. The fourth-order valence-electron chi connectivity index (χ4n) is 1.80. The van der Waals surface area contributed by atoms with E-state index in [1.807, 2.05) is 6.08 Å². The summed E-state index contributed by atoms with van der Waals surface area (Å²) >= 11 is 0. The molecule has 0 aromatic heterocycles. The maximum atomic E-state index is 11.9. The number of hydrogen-bond acceptors (Lipinski definition) is 3. The van der Waals surface area contributed by atoms with Crippen molar-refractivity contribution in [3.63, 3.8) is 0 Å². The van der Waals surface area contributed by atoms with Crippen molar-refractivity contribution in [3.05, 3.63) is 11.6 Å². The predicted molar refractivity (Wildman–Crippen MR) is 80.5 cm³/mol. The molecule has 0 aliphatic carbocycles. The van der Waals surface area contributed by atoms with Crippen LogP contribution in [0.3, 0.4) is 0 Å². The number of nitrogens with two attached hydrogens (primary N) is 1. The zero-order valence-corrected chi connectivity index (χ0v) is 12.9. The van der Waals surface area contributed by atoms with E-state index < -0.39 is 23.8 Å². The van der Waals surface area contributed by atoms with Gasteiger partial charge in [-0.3, -0.25) is 9.59 Å². The Labute approximate surface area is 125 Å². The number of carbonyl (C=O) groups excluding carboxylic acids is 2. The molecule has 0 spiro atoms. The van der Waals surface area contributed by atoms with E-state index in [1.54, 1.807) is 6.92 Å². The number of unbranched alkanes of at least 4 members (excludes halogenated alkanes) is 4. The Morgan fingerprint density at radius 3 is 2.43 bits per heavy atom. The van der Waals surface area contributed by atoms with Crippen LogP contribution in [0.4, 0.5) is 0 Å². The summed E-state index contributed by atoms with van der Waals surface area (Å²) in [6.07, 6.45) is 7.02. The summed E-state index contributed by atoms with van der Waals surface area (Å²) in [7, 11) is 0. The van der Waals surface area contributed by atoms with Gasteiger partial charge >= 0.3 is 5.97 Å². The van der Waals surface area contributed by atoms with Gasteiger partial charge in [0.15, 0.2) is 0 Å². The molecule has 6 heteroatoms. The topological polar surface area (TPSA) is 109 Å². The molecule has 0 radical (unpaired) electrons. The van der Waals surface area contributed by atoms with Gasteiger partial charge < -0.3 is 16.2 Å². The Hall–Kier alpha value is -1.85. The summed E-state index contributed by atoms with van der Waals surface area (Å²) in [5.41, 5.74) is 5.48. The van der Waals surface area contributed by atoms with Crippen LogP contribution in [0, 0.1) is 0 Å². The highest BCUT2D eigenvalue weighted by molar-refractivity contribution is 5.95. The summed E-state index contributed by atoms with van der Waals surface area (Å²) in [6.45, 7) is 3.79. The monoisotopic (exact) mass is 298 g/mol. The summed E-state index contributed by atoms with van der Waals surface area (Å²) < 4.78 is 0. The first-order valence-corrected chi connectivity index (χ1v) is 7.37. The fourth-order valence-corrected chi connectivity index (χ4v) is 1.80. The third kappa shape index (κ3) is 9.65. The standard InChI is InChI=1S/C15H26N2O4/c1-3-4-5-6-7-8-11(2)14(19)17-12(15(20)21)9-10-13(16)18/h8,12H,3-7,9-10H2,1-2H3,(H2,16,18)(H,17,19)(H,20,21)/t12-/m0/s1. The molecule has 6 nitrogen and oxygen atoms in total. The van der Waals surface area contributed by atoms with E-state index in [1.165, 1.54) is 6.42 Å². The maximum absolute atomic E-state index is 11.9. The smallest absolute Gasteiger partial charge is 0.326 e. The quantitative estimate of drug-likeness (QED) is 0.398. The van der Waals surface area contributed by atoms with Gasteiger partial charge in [0.05, 0.1) is 0 Å². The van der Waals surface area contributed by atoms with Crippen LogP contribution >= 0.6 is 0 Å². The second-order valence-electron chi connectivity index (χ2n) is 5.11. The Morgan fingerprint density at radius 1 is 1.24 bits per heavy atom. The Kier molecular flexibility index (Phi) is 9.92. The molecule has 0 aliphatic heterocycles. The van der Waals surface area contributed by atoms with Crippen molar-refractivity contribution in [2.75, 3.05) is 0 Å². The predicted octanol–water partition coefficient (Wildman–Crippen LogP) is 1.74. The maximum Gasteiger partial charge on any atom is 0.326 e. The summed E-state index contributed by atoms with van der Waals surface area (Å²) in [5.74, 6) is -2.17. The van der Waals surface area contributed by atoms with E-state index in [2.05, 4.69) is 12.2 Å². The van der Waals surface area contributed by atoms with Gasteiger partial charge in [0.1, 0.15) is 6.04 Å². The molecule has 0 saturated carbocycles. The van der Waals surface area contributed by atoms with E-state index in [0.717, 1.165) is 25.7 Å². The van der Waals surface area contributed by atoms with Gasteiger partial charge in [-0.15, -0.1) is 0 Å². The molecular formula is C15H26N2O4. The van der Waals surface area contributed by atoms with Crippen LogP contribution in [0.15, 0.2) is 11.6 Å². The summed E-state index contributed by atoms with van der Waals surface area (Å²) in [6, 6.07) is -1.09. The largest absolute Gasteiger partial charge is 0.480 e. The molecule has 0 aliphatic rings. The van der Waals surface area contributed by atoms with Crippen LogP contribution in [-0.2, 0) is 14.4 Å². The highest BCUT2D eigenvalue weighted by Gasteiger charge is 2.20. The number of carboxylic acids is 1. The normalized spacial score (nSPS) is 12.8. The molecule has 0 unspecified atom stereocenters. The van der Waals surface area contributed by atoms with E-state index >= 15 is 0 Å². The Morgan fingerprint density at radius 2 is 1.90 bits per heavy atom. The van der Waals surface area contributed by atoms with Crippen LogP contribution < -0.4 is 11.1 Å². The highest BCUT2D eigenvalue weighted by Crippen LogP contribution is 2.06. The van der Waals surface area contributed by atoms with Gasteiger partial charge in [0.2, 0.25) is 11.8 Å². The number of allylic oxidation sites excluding steroid dienone is 1. The minimum Gasteiger partial charge on any atom is -0.480 e. The number of carboxylic acid groups (broad SMARTS) is 1. The first-order chi connectivity index (χ1) is 9.88. The molecule has 1 atom stereocenters. The molecule has 2 amide bonds. The van der Waals surface area contributed by atoms with E-state index in [0.29, 0.717) is 5.57 Å². The third-order valence-electron chi connectivity index (χ3n) is 3.15. The summed E-state index contributed by atoms with van der Waals surface area (Å²) in [4.78, 5) is 33.6. The lowest BCUT2D eigenvalue weighted by molar-refractivity contribution is -0.141. The average molecular weight is 298 g/mol. The van der Waals surface area contributed by atoms with E-state index in [9.17, 15) is 14.4 Å². The molecule has 120 valence electrons. The van der Waals surface area contributed by atoms with Crippen molar-refractivity contribution >= 4 is 17.8 Å². The Balaban J connectivity index is 4.30. The van der Waals surface area contributed by atoms with Crippen LogP contribution in [0.2, 0.25) is 0 Å². The molecule has 21 heavy (non-hydrogen) atoms. The Bertz CT molecular complexity index is 391. The molecule has 0 fully saturated rings. The number of carbonyl (C=O) groups is 3. The molecule has 0 saturated heterocycles. The molecular weight excluding hydrogens is 272 g/mol. The molecule has 0 bridgehead atoms. The van der Waals surface area contributed by atoms with Crippen LogP contribution in [-0.4, -0.2) is 28.9 Å². The van der Waals surface area contributed by atoms with Gasteiger partial charge in [-0.05, 0) is 26.2 Å². The number of primary amides is 1. The van der Waals surface area contributed by atoms with Crippen LogP contribution in [0.1, 0.15) is 58.8 Å². The molecule has 0 aromatic carbocycles. The van der Waals surface area contributed by atoms with Crippen LogP contribution in [0.25, 0.3) is 0 Å². The molecule has 0 heterocycles. The van der Waals surface area contributed by atoms with Gasteiger partial charge in [-0.25, -0.2) is 4.79 Å². The number of hydrogen-bond donors (Lipinski definition) is 3. The number of aliphatic carboxylic acids is 1. The molecule has 4 N–H and O–H groups in total. The summed E-state index contributed by atoms with van der Waals surface area (Å²) in [5, 5.41) is 11.4. The molecule has 0 rings (SSSR count). The highest BCUT2D eigenvalue weighted by atomic mass is 16.4. The lowest BCUT2D eigenvalue weighted by atomic mass is 10.1. The second kappa shape index (κ2) is 10.9. The number of amides is 2. The first-order valence-electron chi connectivity index (χ1n) is 7.37. The zero-order valence-electron chi connectivity index (χ0n) is 12.9. The second-order valence-corrected chi connectivity index (χ2v) is 5.11. The lowest BCUT2D eigenvalue weighted by Gasteiger charge is -2.13. The van der Waals surface area contributed by atoms with Crippen molar-refractivity contribution in [2.45, 2.75) is 64.8 Å². The first kappa shape index (κ1) is 19.1. The van der Waals surface area contributed by atoms with Crippen molar-refractivity contribution in [3.8, 4) is 0 Å². The fraction of sp³-hybridized carbons (Fsp3) is 0.667. The molecule has 0 aromatic rings. The third-order valence-corrected chi connectivity index (χ3v) is 3.15. The number of nitrogens with one attached hydrogen (secondary N) is 1. The van der Waals surface area contributed by atoms with E-state index in [-0.39, 0.29) is 12.8 Å².